The molecule has 382 valence electrons. The Balaban J connectivity index is 1.07. The van der Waals surface area contributed by atoms with E-state index in [4.69, 9.17) is 29.9 Å². The molecule has 2 aliphatic heterocycles. The third-order valence-electron chi connectivity index (χ3n) is 15.8. The van der Waals surface area contributed by atoms with Crippen molar-refractivity contribution < 1.29 is 0 Å². The van der Waals surface area contributed by atoms with Crippen LogP contribution in [0.15, 0.2) is 243 Å². The number of aromatic nitrogens is 8. The van der Waals surface area contributed by atoms with Gasteiger partial charge in [0.2, 0.25) is 0 Å². The monoisotopic (exact) mass is 1060 g/mol. The number of pyridine rings is 4. The molecule has 0 spiro atoms. The minimum absolute atomic E-state index is 0.531. The Morgan fingerprint density at radius 3 is 1.14 bits per heavy atom. The quantitative estimate of drug-likeness (QED) is 0.130. The zero-order chi connectivity index (χ0) is 54.0. The van der Waals surface area contributed by atoms with Gasteiger partial charge in [-0.3, -0.25) is 19.9 Å². The minimum atomic E-state index is -2.20. The van der Waals surface area contributed by atoms with Gasteiger partial charge in [0.05, 0.1) is 39.8 Å². The molecule has 0 fully saturated rings. The Morgan fingerprint density at radius 2 is 0.688 bits per heavy atom. The van der Waals surface area contributed by atoms with Gasteiger partial charge in [0.15, 0.2) is 11.6 Å². The maximum absolute atomic E-state index is 5.34. The summed E-state index contributed by atoms with van der Waals surface area (Å²) in [6.45, 7) is 9.88. The van der Waals surface area contributed by atoms with Gasteiger partial charge >= 0.3 is 0 Å². The Labute approximate surface area is 467 Å². The Morgan fingerprint density at radius 1 is 0.287 bits per heavy atom. The van der Waals surface area contributed by atoms with Crippen molar-refractivity contribution in [1.29, 1.82) is 0 Å². The molecule has 6 aromatic heterocycles. The summed E-state index contributed by atoms with van der Waals surface area (Å²) in [6.07, 6.45) is 10.8. The molecular formula is C68H52N10Si2. The minimum Gasteiger partial charge on any atom is -0.310 e. The summed E-state index contributed by atoms with van der Waals surface area (Å²) < 4.78 is 0. The normalized spacial score (nSPS) is 13.7. The molecule has 8 heterocycles. The number of hydrogen-bond donors (Lipinski definition) is 0. The Kier molecular flexibility index (Phi) is 11.8. The Bertz CT molecular complexity index is 3840. The number of benzene rings is 6. The maximum Gasteiger partial charge on any atom is 0.179 e. The van der Waals surface area contributed by atoms with E-state index >= 15 is 0 Å². The number of fused-ring (bicyclic) bond motifs is 4. The summed E-state index contributed by atoms with van der Waals surface area (Å²) in [5.74, 6) is 1.10. The summed E-state index contributed by atoms with van der Waals surface area (Å²) >= 11 is 0. The molecular weight excluding hydrogens is 1010 g/mol. The molecule has 0 unspecified atom stereocenters. The van der Waals surface area contributed by atoms with Crippen molar-refractivity contribution in [2.75, 3.05) is 9.80 Å². The van der Waals surface area contributed by atoms with Crippen LogP contribution in [0, 0.1) is 0 Å². The van der Waals surface area contributed by atoms with E-state index in [1.165, 1.54) is 43.5 Å². The molecule has 0 bridgehead atoms. The van der Waals surface area contributed by atoms with Crippen LogP contribution < -0.4 is 30.5 Å². The number of anilines is 6. The second-order valence-corrected chi connectivity index (χ2v) is 29.9. The second-order valence-electron chi connectivity index (χ2n) is 21.3. The highest BCUT2D eigenvalue weighted by Gasteiger charge is 2.41. The van der Waals surface area contributed by atoms with Crippen LogP contribution >= 0.6 is 0 Å². The molecule has 0 saturated heterocycles. The zero-order valence-electron chi connectivity index (χ0n) is 44.6. The maximum atomic E-state index is 5.34. The lowest BCUT2D eigenvalue weighted by molar-refractivity contribution is 1.14. The highest BCUT2D eigenvalue weighted by Crippen LogP contribution is 2.50. The average Bonchev–Trinajstić information content (AvgIpc) is 3.10. The highest BCUT2D eigenvalue weighted by atomic mass is 28.3. The SMILES string of the molecule is C[Si]1(C)c2ccccc2N(c2cc(-c3cc(-c4ccccn4)nc(-c4cccnc4)n3)ccc2-c2ccc(-c3cc(-c4cccnc4)nc(-c4ccccn4)n3)cc2N2c3ccccc3[Si](C)(C)c3ccccc32)c2ccccc21. The van der Waals surface area contributed by atoms with E-state index in [0.29, 0.717) is 17.3 Å². The van der Waals surface area contributed by atoms with Gasteiger partial charge in [-0.15, -0.1) is 0 Å². The van der Waals surface area contributed by atoms with E-state index in [1.807, 2.05) is 73.1 Å². The van der Waals surface area contributed by atoms with Crippen molar-refractivity contribution in [2.24, 2.45) is 0 Å². The molecule has 0 amide bonds. The van der Waals surface area contributed by atoms with Gasteiger partial charge in [-0.1, -0.05) is 135 Å². The molecule has 80 heavy (non-hydrogen) atoms. The number of nitrogens with zero attached hydrogens (tertiary/aromatic N) is 10. The first-order chi connectivity index (χ1) is 39.2. The van der Waals surface area contributed by atoms with E-state index in [9.17, 15) is 0 Å². The van der Waals surface area contributed by atoms with Crippen molar-refractivity contribution in [3.05, 3.63) is 243 Å². The van der Waals surface area contributed by atoms with Crippen LogP contribution in [0.2, 0.25) is 26.2 Å². The van der Waals surface area contributed by atoms with Crippen LogP contribution in [-0.4, -0.2) is 56.0 Å². The fourth-order valence-corrected chi connectivity index (χ4v) is 17.8. The first kappa shape index (κ1) is 48.5. The molecule has 0 atom stereocenters. The van der Waals surface area contributed by atoms with Crippen molar-refractivity contribution >= 4 is 71.0 Å². The van der Waals surface area contributed by atoms with Crippen LogP contribution in [-0.2, 0) is 0 Å². The van der Waals surface area contributed by atoms with E-state index in [0.717, 1.165) is 73.2 Å². The molecule has 6 aromatic carbocycles. The standard InChI is InChI=1S/C68H52N10Si2/c1-79(2)63-27-9-5-23-57(63)77(58-24-6-10-28-64(58)79)61-39-45(53-41-55(47-19-17-35-69-43-47)75-68(74-53)52-22-14-16-38-72-52)31-33-49(61)50-34-32-46(54-42-56(51-21-13-15-37-71-51)76-67(73-54)48-20-18-36-70-44-48)40-62(50)78-59-25-7-11-29-65(59)80(3,4)66-30-12-8-26-60(66)78/h5-44H,1-4H3. The summed E-state index contributed by atoms with van der Waals surface area (Å²) in [5.41, 5.74) is 16.8. The first-order valence-corrected chi connectivity index (χ1v) is 32.9. The van der Waals surface area contributed by atoms with Crippen LogP contribution in [0.5, 0.6) is 0 Å². The molecule has 0 saturated carbocycles. The molecule has 2 aliphatic rings. The van der Waals surface area contributed by atoms with Crippen molar-refractivity contribution in [3.63, 3.8) is 0 Å². The first-order valence-electron chi connectivity index (χ1n) is 26.9. The lowest BCUT2D eigenvalue weighted by Crippen LogP contribution is -2.58. The molecule has 10 nitrogen and oxygen atoms in total. The predicted molar refractivity (Wildman–Crippen MR) is 330 cm³/mol. The lowest BCUT2D eigenvalue weighted by atomic mass is 9.94. The third kappa shape index (κ3) is 8.31. The number of rotatable bonds is 9. The third-order valence-corrected chi connectivity index (χ3v) is 22.9. The molecule has 0 radical (unpaired) electrons. The fourth-order valence-electron chi connectivity index (χ4n) is 11.8. The van der Waals surface area contributed by atoms with Crippen LogP contribution in [0.3, 0.4) is 0 Å². The molecule has 12 heteroatoms. The van der Waals surface area contributed by atoms with Gasteiger partial charge in [0, 0.05) is 93.3 Å². The largest absolute Gasteiger partial charge is 0.310 e. The van der Waals surface area contributed by atoms with Crippen molar-refractivity contribution in [2.45, 2.75) is 26.2 Å². The number of para-hydroxylation sites is 4. The van der Waals surface area contributed by atoms with Gasteiger partial charge in [-0.05, 0) is 118 Å². The van der Waals surface area contributed by atoms with Gasteiger partial charge in [-0.2, -0.15) is 0 Å². The van der Waals surface area contributed by atoms with Crippen molar-refractivity contribution in [1.82, 2.24) is 39.9 Å². The highest BCUT2D eigenvalue weighted by molar-refractivity contribution is 7.03. The van der Waals surface area contributed by atoms with Gasteiger partial charge < -0.3 is 9.80 Å². The smallest absolute Gasteiger partial charge is 0.179 e. The predicted octanol–water partition coefficient (Wildman–Crippen LogP) is 13.7. The fraction of sp³-hybridized carbons (Fsp3) is 0.0588. The number of hydrogen-bond acceptors (Lipinski definition) is 10. The molecule has 0 N–H and O–H groups in total. The van der Waals surface area contributed by atoms with E-state index < -0.39 is 16.1 Å². The van der Waals surface area contributed by atoms with Gasteiger partial charge in [0.1, 0.15) is 21.8 Å². The van der Waals surface area contributed by atoms with Crippen LogP contribution in [0.1, 0.15) is 0 Å². The summed E-state index contributed by atoms with van der Waals surface area (Å²) in [7, 11) is -4.41. The lowest BCUT2D eigenvalue weighted by Gasteiger charge is -2.43. The van der Waals surface area contributed by atoms with Gasteiger partial charge in [0.25, 0.3) is 0 Å². The molecule has 0 aliphatic carbocycles. The summed E-state index contributed by atoms with van der Waals surface area (Å²) in [6, 6.07) is 73.4. The zero-order valence-corrected chi connectivity index (χ0v) is 46.6. The van der Waals surface area contributed by atoms with E-state index in [1.54, 1.807) is 24.8 Å². The van der Waals surface area contributed by atoms with E-state index in [-0.39, 0.29) is 0 Å². The van der Waals surface area contributed by atoms with Crippen molar-refractivity contribution in [3.8, 4) is 79.2 Å². The van der Waals surface area contributed by atoms with Crippen LogP contribution in [0.25, 0.3) is 79.2 Å². The second kappa shape index (κ2) is 19.5. The average molecular weight is 1070 g/mol. The Hall–Kier alpha value is -9.89. The topological polar surface area (TPSA) is 110 Å². The summed E-state index contributed by atoms with van der Waals surface area (Å²) in [4.78, 5) is 44.3. The van der Waals surface area contributed by atoms with Gasteiger partial charge in [-0.25, -0.2) is 19.9 Å². The molecule has 14 rings (SSSR count). The molecule has 12 aromatic rings. The van der Waals surface area contributed by atoms with Crippen LogP contribution in [0.4, 0.5) is 34.1 Å². The van der Waals surface area contributed by atoms with E-state index in [2.05, 4.69) is 192 Å². The summed E-state index contributed by atoms with van der Waals surface area (Å²) in [5, 5.41) is 5.47.